The predicted molar refractivity (Wildman–Crippen MR) is 77.4 cm³/mol. The smallest absolute Gasteiger partial charge is 0.220 e. The zero-order valence-electron chi connectivity index (χ0n) is 10.7. The Balaban J connectivity index is 2.20. The third-order valence-electron chi connectivity index (χ3n) is 2.68. The van der Waals surface area contributed by atoms with Crippen molar-refractivity contribution >= 4 is 21.8 Å². The summed E-state index contributed by atoms with van der Waals surface area (Å²) >= 11 is 3.37. The van der Waals surface area contributed by atoms with E-state index in [1.54, 1.807) is 7.11 Å². The van der Waals surface area contributed by atoms with E-state index in [2.05, 4.69) is 21.2 Å². The lowest BCUT2D eigenvalue weighted by Gasteiger charge is -2.05. The van der Waals surface area contributed by atoms with Gasteiger partial charge in [-0.05, 0) is 37.0 Å². The van der Waals surface area contributed by atoms with Crippen LogP contribution in [0.15, 0.2) is 24.3 Å². The number of amides is 1. The number of hydrogen-bond donors (Lipinski definition) is 1. The zero-order valence-corrected chi connectivity index (χ0v) is 12.3. The van der Waals surface area contributed by atoms with Gasteiger partial charge in [0.05, 0.1) is 7.11 Å². The Morgan fingerprint density at radius 1 is 1.28 bits per heavy atom. The molecule has 0 aromatic heterocycles. The maximum atomic E-state index is 11.6. The lowest BCUT2D eigenvalue weighted by molar-refractivity contribution is -0.121. The van der Waals surface area contributed by atoms with Crippen LogP contribution < -0.4 is 10.1 Å². The molecule has 0 radical (unpaired) electrons. The van der Waals surface area contributed by atoms with Crippen molar-refractivity contribution in [3.63, 3.8) is 0 Å². The van der Waals surface area contributed by atoms with Crippen LogP contribution in [0.4, 0.5) is 0 Å². The van der Waals surface area contributed by atoms with Gasteiger partial charge in [0.1, 0.15) is 5.75 Å². The van der Waals surface area contributed by atoms with Crippen LogP contribution in [0.1, 0.15) is 24.8 Å². The highest BCUT2D eigenvalue weighted by Crippen LogP contribution is 2.12. The third-order valence-corrected chi connectivity index (χ3v) is 3.24. The van der Waals surface area contributed by atoms with E-state index >= 15 is 0 Å². The van der Waals surface area contributed by atoms with Crippen molar-refractivity contribution in [2.24, 2.45) is 0 Å². The van der Waals surface area contributed by atoms with Gasteiger partial charge in [-0.3, -0.25) is 4.79 Å². The normalized spacial score (nSPS) is 10.1. The van der Waals surface area contributed by atoms with E-state index < -0.39 is 0 Å². The fraction of sp³-hybridized carbons (Fsp3) is 0.500. The second-order valence-electron chi connectivity index (χ2n) is 4.09. The summed E-state index contributed by atoms with van der Waals surface area (Å²) in [5, 5.41) is 3.92. The molecule has 0 heterocycles. The van der Waals surface area contributed by atoms with Gasteiger partial charge in [-0.25, -0.2) is 0 Å². The Kier molecular flexibility index (Phi) is 7.49. The van der Waals surface area contributed by atoms with Gasteiger partial charge >= 0.3 is 0 Å². The summed E-state index contributed by atoms with van der Waals surface area (Å²) in [7, 11) is 1.65. The molecule has 0 saturated carbocycles. The highest BCUT2D eigenvalue weighted by Gasteiger charge is 2.01. The van der Waals surface area contributed by atoms with Gasteiger partial charge in [-0.2, -0.15) is 0 Å². The number of carbonyl (C=O) groups is 1. The molecule has 1 amide bonds. The molecule has 1 rings (SSSR count). The summed E-state index contributed by atoms with van der Waals surface area (Å²) in [6, 6.07) is 7.83. The Morgan fingerprint density at radius 3 is 2.61 bits per heavy atom. The van der Waals surface area contributed by atoms with E-state index in [0.29, 0.717) is 6.42 Å². The summed E-state index contributed by atoms with van der Waals surface area (Å²) < 4.78 is 5.09. The molecule has 0 aliphatic rings. The largest absolute Gasteiger partial charge is 0.497 e. The van der Waals surface area contributed by atoms with Crippen LogP contribution in [-0.2, 0) is 11.2 Å². The van der Waals surface area contributed by atoms with Gasteiger partial charge in [0.25, 0.3) is 0 Å². The van der Waals surface area contributed by atoms with Gasteiger partial charge < -0.3 is 10.1 Å². The number of carbonyl (C=O) groups excluding carboxylic acids is 1. The molecule has 0 spiro atoms. The van der Waals surface area contributed by atoms with Crippen molar-refractivity contribution in [2.45, 2.75) is 25.7 Å². The van der Waals surface area contributed by atoms with Crippen LogP contribution in [0.2, 0.25) is 0 Å². The summed E-state index contributed by atoms with van der Waals surface area (Å²) in [4.78, 5) is 11.6. The summed E-state index contributed by atoms with van der Waals surface area (Å²) in [6.07, 6.45) is 3.44. The van der Waals surface area contributed by atoms with Crippen molar-refractivity contribution in [3.8, 4) is 5.75 Å². The molecule has 1 aromatic carbocycles. The summed E-state index contributed by atoms with van der Waals surface area (Å²) in [5.74, 6) is 0.971. The second-order valence-corrected chi connectivity index (χ2v) is 4.89. The lowest BCUT2D eigenvalue weighted by atomic mass is 10.1. The van der Waals surface area contributed by atoms with E-state index in [4.69, 9.17) is 4.74 Å². The predicted octanol–water partition coefficient (Wildman–Crippen LogP) is 2.92. The van der Waals surface area contributed by atoms with Crippen molar-refractivity contribution in [1.82, 2.24) is 5.32 Å². The number of benzene rings is 1. The molecule has 0 atom stereocenters. The number of methoxy groups -OCH3 is 1. The van der Waals surface area contributed by atoms with Crippen LogP contribution in [0, 0.1) is 0 Å². The molecule has 1 N–H and O–H groups in total. The lowest BCUT2D eigenvalue weighted by Crippen LogP contribution is -2.24. The molecular weight excluding hydrogens is 294 g/mol. The van der Waals surface area contributed by atoms with Gasteiger partial charge in [0.2, 0.25) is 5.91 Å². The van der Waals surface area contributed by atoms with Gasteiger partial charge in [0, 0.05) is 18.3 Å². The molecule has 4 heteroatoms. The minimum atomic E-state index is 0.125. The van der Waals surface area contributed by atoms with Crippen LogP contribution in [0.25, 0.3) is 0 Å². The molecule has 0 unspecified atom stereocenters. The van der Waals surface area contributed by atoms with E-state index in [0.717, 1.165) is 42.5 Å². The molecule has 0 bridgehead atoms. The zero-order chi connectivity index (χ0) is 13.2. The quantitative estimate of drug-likeness (QED) is 0.592. The Bertz CT molecular complexity index is 351. The highest BCUT2D eigenvalue weighted by atomic mass is 79.9. The van der Waals surface area contributed by atoms with Crippen molar-refractivity contribution in [2.75, 3.05) is 19.0 Å². The van der Waals surface area contributed by atoms with Crippen LogP contribution in [0.3, 0.4) is 0 Å². The standard InChI is InChI=1S/C14H20BrNO2/c1-18-13-7-4-12(5-8-13)6-9-14(17)16-11-3-2-10-15/h4-5,7-8H,2-3,6,9-11H2,1H3,(H,16,17). The maximum absolute atomic E-state index is 11.6. The van der Waals surface area contributed by atoms with Crippen LogP contribution >= 0.6 is 15.9 Å². The Hall–Kier alpha value is -1.03. The van der Waals surface area contributed by atoms with Crippen LogP contribution in [-0.4, -0.2) is 24.9 Å². The van der Waals surface area contributed by atoms with Crippen molar-refractivity contribution in [3.05, 3.63) is 29.8 Å². The number of halogens is 1. The first-order valence-electron chi connectivity index (χ1n) is 6.22. The van der Waals surface area contributed by atoms with Crippen molar-refractivity contribution < 1.29 is 9.53 Å². The fourth-order valence-corrected chi connectivity index (χ4v) is 1.98. The van der Waals surface area contributed by atoms with E-state index in [9.17, 15) is 4.79 Å². The molecule has 0 saturated heterocycles. The van der Waals surface area contributed by atoms with Crippen molar-refractivity contribution in [1.29, 1.82) is 0 Å². The first kappa shape index (κ1) is 15.0. The van der Waals surface area contributed by atoms with Gasteiger partial charge in [-0.15, -0.1) is 0 Å². The number of nitrogens with one attached hydrogen (secondary N) is 1. The fourth-order valence-electron chi connectivity index (χ4n) is 1.59. The summed E-state index contributed by atoms with van der Waals surface area (Å²) in [5.41, 5.74) is 1.16. The van der Waals surface area contributed by atoms with E-state index in [-0.39, 0.29) is 5.91 Å². The van der Waals surface area contributed by atoms with Gasteiger partial charge in [-0.1, -0.05) is 28.1 Å². The first-order chi connectivity index (χ1) is 8.76. The van der Waals surface area contributed by atoms with E-state index in [1.165, 1.54) is 0 Å². The van der Waals surface area contributed by atoms with Crippen LogP contribution in [0.5, 0.6) is 5.75 Å². The first-order valence-corrected chi connectivity index (χ1v) is 7.34. The summed E-state index contributed by atoms with van der Waals surface area (Å²) in [6.45, 7) is 0.771. The number of rotatable bonds is 8. The number of aryl methyl sites for hydroxylation is 1. The minimum absolute atomic E-state index is 0.125. The topological polar surface area (TPSA) is 38.3 Å². The third kappa shape index (κ3) is 6.05. The maximum Gasteiger partial charge on any atom is 0.220 e. The molecular formula is C14H20BrNO2. The van der Waals surface area contributed by atoms with Gasteiger partial charge in [0.15, 0.2) is 0 Å². The number of hydrogen-bond acceptors (Lipinski definition) is 2. The monoisotopic (exact) mass is 313 g/mol. The number of unbranched alkanes of at least 4 members (excludes halogenated alkanes) is 1. The molecule has 0 aliphatic heterocycles. The molecule has 3 nitrogen and oxygen atoms in total. The molecule has 100 valence electrons. The molecule has 1 aromatic rings. The highest BCUT2D eigenvalue weighted by molar-refractivity contribution is 9.09. The minimum Gasteiger partial charge on any atom is -0.497 e. The number of alkyl halides is 1. The number of ether oxygens (including phenoxy) is 1. The Morgan fingerprint density at radius 2 is 2.00 bits per heavy atom. The molecule has 18 heavy (non-hydrogen) atoms. The molecule has 0 aliphatic carbocycles. The Labute approximate surface area is 117 Å². The average Bonchev–Trinajstić information content (AvgIpc) is 2.42. The average molecular weight is 314 g/mol. The SMILES string of the molecule is COc1ccc(CCC(=O)NCCCCBr)cc1. The van der Waals surface area contributed by atoms with E-state index in [1.807, 2.05) is 24.3 Å². The second kappa shape index (κ2) is 8.97. The molecule has 0 fully saturated rings.